The second-order valence-electron chi connectivity index (χ2n) is 12.5. The Morgan fingerprint density at radius 1 is 1.11 bits per heavy atom. The van der Waals surface area contributed by atoms with Gasteiger partial charge in [0.15, 0.2) is 0 Å². The lowest BCUT2D eigenvalue weighted by Gasteiger charge is -2.32. The molecule has 4 aromatic rings. The van der Waals surface area contributed by atoms with Crippen molar-refractivity contribution in [2.75, 3.05) is 10.6 Å². The highest BCUT2D eigenvalue weighted by molar-refractivity contribution is 7.92. The average molecular weight is 639 g/mol. The number of benzene rings is 2. The van der Waals surface area contributed by atoms with Crippen LogP contribution < -0.4 is 15.5 Å². The van der Waals surface area contributed by atoms with Crippen molar-refractivity contribution in [3.8, 4) is 11.3 Å². The van der Waals surface area contributed by atoms with Crippen molar-refractivity contribution in [3.63, 3.8) is 0 Å². The van der Waals surface area contributed by atoms with Crippen LogP contribution in [0.15, 0.2) is 54.7 Å². The summed E-state index contributed by atoms with van der Waals surface area (Å²) in [5, 5.41) is 5.00. The van der Waals surface area contributed by atoms with E-state index in [1.807, 2.05) is 33.8 Å². The Hall–Kier alpha value is -3.45. The maximum atomic E-state index is 13.6. The molecule has 0 bridgehead atoms. The zero-order chi connectivity index (χ0) is 31.8. The van der Waals surface area contributed by atoms with Gasteiger partial charge in [0.05, 0.1) is 47.0 Å². The van der Waals surface area contributed by atoms with Gasteiger partial charge in [-0.1, -0.05) is 23.7 Å². The highest BCUT2D eigenvalue weighted by Gasteiger charge is 2.52. The molecule has 1 amide bonds. The van der Waals surface area contributed by atoms with Crippen molar-refractivity contribution >= 4 is 51.3 Å². The Kier molecular flexibility index (Phi) is 7.35. The van der Waals surface area contributed by atoms with Gasteiger partial charge in [0.25, 0.3) is 5.91 Å². The number of nitrogens with zero attached hydrogens (tertiary/aromatic N) is 3. The topological polar surface area (TPSA) is 116 Å². The number of sulfonamides is 1. The number of amides is 1. The number of rotatable bonds is 8. The third kappa shape index (κ3) is 5.49. The molecule has 3 heterocycles. The number of pyridine rings is 1. The van der Waals surface area contributed by atoms with E-state index in [4.69, 9.17) is 26.6 Å². The van der Waals surface area contributed by atoms with E-state index in [-0.39, 0.29) is 23.7 Å². The van der Waals surface area contributed by atoms with E-state index < -0.39 is 40.1 Å². The maximum absolute atomic E-state index is 13.6. The highest BCUT2D eigenvalue weighted by atomic mass is 35.5. The Labute approximate surface area is 261 Å². The largest absolute Gasteiger partial charge is 0.496 e. The zero-order valence-electron chi connectivity index (χ0n) is 25.1. The van der Waals surface area contributed by atoms with Crippen molar-refractivity contribution in [2.24, 2.45) is 5.73 Å². The molecule has 1 saturated carbocycles. The summed E-state index contributed by atoms with van der Waals surface area (Å²) in [4.78, 5) is 12.6. The molecule has 9 nitrogen and oxygen atoms in total. The van der Waals surface area contributed by atoms with Gasteiger partial charge in [-0.05, 0) is 94.0 Å². The predicted octanol–water partition coefficient (Wildman–Crippen LogP) is 5.04. The molecule has 2 aromatic heterocycles. The van der Waals surface area contributed by atoms with Gasteiger partial charge in [-0.15, -0.1) is 0 Å². The van der Waals surface area contributed by atoms with Crippen LogP contribution >= 0.6 is 11.6 Å². The molecule has 0 radical (unpaired) electrons. The molecule has 2 aliphatic rings. The summed E-state index contributed by atoms with van der Waals surface area (Å²) in [6.45, 7) is 7.84. The fourth-order valence-corrected chi connectivity index (χ4v) is 6.64. The van der Waals surface area contributed by atoms with Crippen LogP contribution in [-0.2, 0) is 25.9 Å². The monoisotopic (exact) mass is 638 g/mol. The number of aromatic nitrogens is 2. The van der Waals surface area contributed by atoms with Crippen molar-refractivity contribution in [1.29, 1.82) is 0 Å². The molecule has 6 rings (SSSR count). The summed E-state index contributed by atoms with van der Waals surface area (Å²) in [7, 11) is -4.45. The van der Waals surface area contributed by atoms with Gasteiger partial charge in [0.2, 0.25) is 10.0 Å². The molecule has 1 aliphatic heterocycles. The van der Waals surface area contributed by atoms with Crippen LogP contribution in [0.2, 0.25) is 5.02 Å². The SMILES string of the molecule is CC1(C)OB(c2ccc(CN(c3cn4nc(-c5ccc(F)cc5)c(C(N)=O)c4cc3C3CC3)S(C)(=O)=O)cc2Cl)OC1(C)C. The van der Waals surface area contributed by atoms with Crippen LogP contribution in [0.1, 0.15) is 67.9 Å². The van der Waals surface area contributed by atoms with Crippen LogP contribution in [0.3, 0.4) is 0 Å². The summed E-state index contributed by atoms with van der Waals surface area (Å²) in [6.07, 6.45) is 4.51. The number of fused-ring (bicyclic) bond motifs is 1. The molecule has 2 aromatic carbocycles. The summed E-state index contributed by atoms with van der Waals surface area (Å²) < 4.78 is 55.4. The summed E-state index contributed by atoms with van der Waals surface area (Å²) in [5.74, 6) is -1.01. The number of carbonyl (C=O) groups is 1. The lowest BCUT2D eigenvalue weighted by Crippen LogP contribution is -2.41. The Balaban J connectivity index is 1.42. The number of hydrogen-bond donors (Lipinski definition) is 1. The molecule has 13 heteroatoms. The van der Waals surface area contributed by atoms with Crippen LogP contribution in [0.4, 0.5) is 10.1 Å². The molecule has 0 atom stereocenters. The lowest BCUT2D eigenvalue weighted by atomic mass is 9.78. The van der Waals surface area contributed by atoms with Crippen molar-refractivity contribution < 1.29 is 26.9 Å². The van der Waals surface area contributed by atoms with E-state index in [1.54, 1.807) is 24.4 Å². The van der Waals surface area contributed by atoms with Crippen LogP contribution in [0.5, 0.6) is 0 Å². The lowest BCUT2D eigenvalue weighted by molar-refractivity contribution is 0.00578. The highest BCUT2D eigenvalue weighted by Crippen LogP contribution is 2.46. The van der Waals surface area contributed by atoms with Gasteiger partial charge < -0.3 is 15.0 Å². The normalized spacial score (nSPS) is 17.8. The molecule has 0 unspecified atom stereocenters. The molecular weight excluding hydrogens is 606 g/mol. The van der Waals surface area contributed by atoms with E-state index in [2.05, 4.69) is 5.10 Å². The van der Waals surface area contributed by atoms with Crippen LogP contribution in [0, 0.1) is 5.82 Å². The average Bonchev–Trinajstić information content (AvgIpc) is 3.65. The number of hydrogen-bond acceptors (Lipinski definition) is 6. The van der Waals surface area contributed by atoms with E-state index in [9.17, 15) is 17.6 Å². The zero-order valence-corrected chi connectivity index (χ0v) is 26.7. The number of nitrogens with two attached hydrogens (primary N) is 1. The van der Waals surface area contributed by atoms with E-state index in [1.165, 1.54) is 33.1 Å². The van der Waals surface area contributed by atoms with Gasteiger partial charge in [0.1, 0.15) is 11.5 Å². The van der Waals surface area contributed by atoms with Gasteiger partial charge in [0, 0.05) is 16.0 Å². The minimum atomic E-state index is -3.79. The first-order valence-corrected chi connectivity index (χ1v) is 16.5. The van der Waals surface area contributed by atoms with Crippen molar-refractivity contribution in [1.82, 2.24) is 9.61 Å². The van der Waals surface area contributed by atoms with Crippen LogP contribution in [-0.4, -0.2) is 48.5 Å². The molecule has 0 spiro atoms. The maximum Gasteiger partial charge on any atom is 0.496 e. The number of primary amides is 1. The van der Waals surface area contributed by atoms with Gasteiger partial charge >= 0.3 is 7.12 Å². The summed E-state index contributed by atoms with van der Waals surface area (Å²) in [6, 6.07) is 12.7. The van der Waals surface area contributed by atoms with E-state index in [0.29, 0.717) is 32.8 Å². The van der Waals surface area contributed by atoms with Crippen molar-refractivity contribution in [2.45, 2.75) is 64.2 Å². The molecule has 2 N–H and O–H groups in total. The predicted molar refractivity (Wildman–Crippen MR) is 169 cm³/mol. The number of halogens is 2. The standard InChI is InChI=1S/C31H33BClFN4O5S/c1-30(2)31(3,4)43-32(42-30)23-13-6-18(14-24(23)33)16-38(44(5,40)41)26-17-37-25(15-22(26)19-7-8-19)27(29(35)39)28(36-37)20-9-11-21(34)12-10-20/h6,9-15,17,19H,7-8,16H2,1-5H3,(H2,35,39). The summed E-state index contributed by atoms with van der Waals surface area (Å²) in [5.41, 5.74) is 8.68. The quantitative estimate of drug-likeness (QED) is 0.271. The van der Waals surface area contributed by atoms with E-state index >= 15 is 0 Å². The molecule has 1 saturated heterocycles. The minimum absolute atomic E-state index is 0.00217. The third-order valence-corrected chi connectivity index (χ3v) is 10.2. The van der Waals surface area contributed by atoms with Gasteiger partial charge in [-0.2, -0.15) is 5.10 Å². The number of carbonyl (C=O) groups excluding carboxylic acids is 1. The first kappa shape index (κ1) is 30.6. The Morgan fingerprint density at radius 2 is 1.75 bits per heavy atom. The fraction of sp³-hybridized carbons (Fsp3) is 0.355. The second kappa shape index (κ2) is 10.6. The van der Waals surface area contributed by atoms with Crippen molar-refractivity contribution in [3.05, 3.63) is 82.3 Å². The first-order valence-electron chi connectivity index (χ1n) is 14.3. The molecule has 2 fully saturated rings. The fourth-order valence-electron chi connectivity index (χ4n) is 5.46. The third-order valence-electron chi connectivity index (χ3n) is 8.73. The molecule has 44 heavy (non-hydrogen) atoms. The molecule has 230 valence electrons. The second-order valence-corrected chi connectivity index (χ2v) is 14.8. The number of anilines is 1. The molecule has 1 aliphatic carbocycles. The summed E-state index contributed by atoms with van der Waals surface area (Å²) >= 11 is 6.72. The van der Waals surface area contributed by atoms with Gasteiger partial charge in [-0.25, -0.2) is 17.3 Å². The van der Waals surface area contributed by atoms with Crippen LogP contribution in [0.25, 0.3) is 16.8 Å². The smallest absolute Gasteiger partial charge is 0.399 e. The Morgan fingerprint density at radius 3 is 2.30 bits per heavy atom. The molecular formula is C31H33BClFN4O5S. The first-order chi connectivity index (χ1) is 20.6. The minimum Gasteiger partial charge on any atom is -0.399 e. The van der Waals surface area contributed by atoms with E-state index in [0.717, 1.165) is 24.7 Å². The Bertz CT molecular complexity index is 1890. The van der Waals surface area contributed by atoms with Gasteiger partial charge in [-0.3, -0.25) is 9.10 Å².